The maximum Gasteiger partial charge on any atom is 0.371 e. The minimum absolute atomic E-state index is 0.132. The molecule has 0 aliphatic carbocycles. The van der Waals surface area contributed by atoms with E-state index in [1.165, 1.54) is 0 Å². The highest BCUT2D eigenvalue weighted by Crippen LogP contribution is 2.23. The first kappa shape index (κ1) is 11.2. The molecule has 1 atom stereocenters. The number of carboxylic acid groups (broad SMARTS) is 1. The number of aliphatic hydroxyl groups is 1. The molecule has 1 heterocycles. The Labute approximate surface area is 89.3 Å². The summed E-state index contributed by atoms with van der Waals surface area (Å²) >= 11 is 11.1. The zero-order valence-electron chi connectivity index (χ0n) is 6.87. The Morgan fingerprint density at radius 2 is 2.21 bits per heavy atom. The molecule has 0 saturated carbocycles. The standard InChI is InChI=1S/C6H7Cl2N3O3/c7-5-9-3(1-2-12)10-6(8,11-5)4(13)14/h12H,1-2H2,(H,13,14)(H,9,10,11). The van der Waals surface area contributed by atoms with Crippen molar-refractivity contribution in [3.63, 3.8) is 0 Å². The quantitative estimate of drug-likeness (QED) is 0.475. The highest BCUT2D eigenvalue weighted by molar-refractivity contribution is 6.66. The zero-order valence-corrected chi connectivity index (χ0v) is 8.38. The SMILES string of the molecule is O=C(O)C1(Cl)N=C(Cl)NC(CCO)=N1. The van der Waals surface area contributed by atoms with E-state index in [-0.39, 0.29) is 24.2 Å². The molecule has 0 fully saturated rings. The molecule has 1 aliphatic rings. The van der Waals surface area contributed by atoms with Gasteiger partial charge in [0.05, 0.1) is 6.61 Å². The number of aliphatic hydroxyl groups excluding tert-OH is 1. The Balaban J connectivity index is 2.95. The van der Waals surface area contributed by atoms with Crippen LogP contribution < -0.4 is 5.32 Å². The predicted molar refractivity (Wildman–Crippen MR) is 51.8 cm³/mol. The average Bonchev–Trinajstić information content (AvgIpc) is 2.02. The lowest BCUT2D eigenvalue weighted by Crippen LogP contribution is -2.41. The van der Waals surface area contributed by atoms with Crippen LogP contribution in [0.3, 0.4) is 0 Å². The van der Waals surface area contributed by atoms with Crippen LogP contribution in [0.2, 0.25) is 0 Å². The van der Waals surface area contributed by atoms with Crippen LogP contribution >= 0.6 is 23.2 Å². The number of nitrogens with one attached hydrogen (secondary N) is 1. The van der Waals surface area contributed by atoms with Crippen LogP contribution in [0.25, 0.3) is 0 Å². The third-order valence-electron chi connectivity index (χ3n) is 1.40. The van der Waals surface area contributed by atoms with Crippen molar-refractivity contribution in [1.29, 1.82) is 0 Å². The fourth-order valence-electron chi connectivity index (χ4n) is 0.829. The van der Waals surface area contributed by atoms with E-state index in [9.17, 15) is 4.79 Å². The van der Waals surface area contributed by atoms with E-state index in [4.69, 9.17) is 33.4 Å². The molecule has 1 aliphatic heterocycles. The van der Waals surface area contributed by atoms with Crippen LogP contribution in [0.5, 0.6) is 0 Å². The van der Waals surface area contributed by atoms with E-state index in [2.05, 4.69) is 15.3 Å². The zero-order chi connectivity index (χ0) is 10.8. The lowest BCUT2D eigenvalue weighted by atomic mass is 10.4. The largest absolute Gasteiger partial charge is 0.477 e. The van der Waals surface area contributed by atoms with Crippen LogP contribution in [0.1, 0.15) is 6.42 Å². The molecule has 3 N–H and O–H groups in total. The van der Waals surface area contributed by atoms with Crippen molar-refractivity contribution >= 4 is 40.3 Å². The van der Waals surface area contributed by atoms with Gasteiger partial charge in [0.1, 0.15) is 5.84 Å². The Hall–Kier alpha value is -0.850. The number of amidine groups is 2. The number of carbonyl (C=O) groups is 1. The van der Waals surface area contributed by atoms with Gasteiger partial charge in [-0.05, 0) is 11.6 Å². The molecule has 1 rings (SSSR count). The summed E-state index contributed by atoms with van der Waals surface area (Å²) in [4.78, 5) is 17.7. The summed E-state index contributed by atoms with van der Waals surface area (Å²) in [5.74, 6) is -1.24. The highest BCUT2D eigenvalue weighted by Gasteiger charge is 2.38. The van der Waals surface area contributed by atoms with E-state index in [1.807, 2.05) is 0 Å². The van der Waals surface area contributed by atoms with Crippen molar-refractivity contribution in [3.8, 4) is 0 Å². The van der Waals surface area contributed by atoms with Gasteiger partial charge < -0.3 is 15.5 Å². The van der Waals surface area contributed by atoms with Gasteiger partial charge in [-0.2, -0.15) is 0 Å². The second-order valence-corrected chi connectivity index (χ2v) is 3.34. The molecule has 8 heteroatoms. The van der Waals surface area contributed by atoms with Crippen LogP contribution in [0, 0.1) is 0 Å². The molecule has 0 saturated heterocycles. The molecule has 0 amide bonds. The van der Waals surface area contributed by atoms with Crippen molar-refractivity contribution in [2.45, 2.75) is 11.5 Å². The molecule has 0 bridgehead atoms. The maximum absolute atomic E-state index is 10.7. The van der Waals surface area contributed by atoms with Gasteiger partial charge in [-0.25, -0.2) is 14.8 Å². The number of nitrogens with zero attached hydrogens (tertiary/aromatic N) is 2. The fourth-order valence-corrected chi connectivity index (χ4v) is 1.29. The normalized spacial score (nSPS) is 26.2. The summed E-state index contributed by atoms with van der Waals surface area (Å²) in [6.07, 6.45) is 0.132. The molecular weight excluding hydrogens is 233 g/mol. The second kappa shape index (κ2) is 4.12. The van der Waals surface area contributed by atoms with Crippen molar-refractivity contribution < 1.29 is 15.0 Å². The summed E-state index contributed by atoms with van der Waals surface area (Å²) in [5.41, 5.74) is 0. The fraction of sp³-hybridized carbons (Fsp3) is 0.500. The van der Waals surface area contributed by atoms with Crippen LogP contribution in [0.4, 0.5) is 0 Å². The minimum Gasteiger partial charge on any atom is -0.477 e. The molecule has 0 aromatic rings. The second-order valence-electron chi connectivity index (χ2n) is 2.45. The number of hydrogen-bond donors (Lipinski definition) is 3. The first-order valence-electron chi connectivity index (χ1n) is 3.62. The Kier molecular flexibility index (Phi) is 3.30. The number of aliphatic carboxylic acids is 1. The summed E-state index contributed by atoms with van der Waals surface area (Å²) in [6, 6.07) is 0. The smallest absolute Gasteiger partial charge is 0.371 e. The molecule has 78 valence electrons. The molecule has 14 heavy (non-hydrogen) atoms. The van der Waals surface area contributed by atoms with Gasteiger partial charge in [0.15, 0.2) is 0 Å². The first-order valence-corrected chi connectivity index (χ1v) is 4.38. The number of alkyl halides is 1. The van der Waals surface area contributed by atoms with Crippen LogP contribution in [-0.2, 0) is 4.79 Å². The number of aliphatic imine (C=N–C) groups is 2. The van der Waals surface area contributed by atoms with Gasteiger partial charge in [-0.1, -0.05) is 11.6 Å². The number of halogens is 2. The Morgan fingerprint density at radius 3 is 2.71 bits per heavy atom. The highest BCUT2D eigenvalue weighted by atomic mass is 35.5. The molecule has 0 radical (unpaired) electrons. The van der Waals surface area contributed by atoms with E-state index in [1.54, 1.807) is 0 Å². The molecule has 0 spiro atoms. The lowest BCUT2D eigenvalue weighted by molar-refractivity contribution is -0.139. The predicted octanol–water partition coefficient (Wildman–Crippen LogP) is -0.0575. The van der Waals surface area contributed by atoms with E-state index >= 15 is 0 Å². The molecule has 1 unspecified atom stereocenters. The van der Waals surface area contributed by atoms with E-state index in [0.717, 1.165) is 0 Å². The maximum atomic E-state index is 10.7. The van der Waals surface area contributed by atoms with Crippen LogP contribution in [0.15, 0.2) is 9.98 Å². The summed E-state index contributed by atoms with van der Waals surface area (Å²) in [6.45, 7) is -0.192. The molecule has 0 aromatic heterocycles. The lowest BCUT2D eigenvalue weighted by Gasteiger charge is -2.20. The summed E-state index contributed by atoms with van der Waals surface area (Å²) in [5, 5.41) is 17.5. The van der Waals surface area contributed by atoms with Crippen molar-refractivity contribution in [2.24, 2.45) is 9.98 Å². The Bertz CT molecular complexity index is 317. The van der Waals surface area contributed by atoms with E-state index < -0.39 is 11.1 Å². The van der Waals surface area contributed by atoms with Gasteiger partial charge in [-0.15, -0.1) is 0 Å². The summed E-state index contributed by atoms with van der Waals surface area (Å²) in [7, 11) is 0. The van der Waals surface area contributed by atoms with E-state index in [0.29, 0.717) is 0 Å². The number of rotatable bonds is 3. The first-order chi connectivity index (χ1) is 6.48. The van der Waals surface area contributed by atoms with Crippen molar-refractivity contribution in [3.05, 3.63) is 0 Å². The van der Waals surface area contributed by atoms with Crippen molar-refractivity contribution in [2.75, 3.05) is 6.61 Å². The monoisotopic (exact) mass is 239 g/mol. The molecular formula is C6H7Cl2N3O3. The van der Waals surface area contributed by atoms with Crippen molar-refractivity contribution in [1.82, 2.24) is 5.32 Å². The van der Waals surface area contributed by atoms with Gasteiger partial charge in [-0.3, -0.25) is 0 Å². The molecule has 0 aromatic carbocycles. The Morgan fingerprint density at radius 1 is 1.57 bits per heavy atom. The topological polar surface area (TPSA) is 94.3 Å². The third-order valence-corrected chi connectivity index (χ3v) is 1.91. The average molecular weight is 240 g/mol. The minimum atomic E-state index is -2.12. The number of carboxylic acids is 1. The summed E-state index contributed by atoms with van der Waals surface area (Å²) < 4.78 is 0. The van der Waals surface area contributed by atoms with Gasteiger partial charge in [0, 0.05) is 6.42 Å². The van der Waals surface area contributed by atoms with Crippen LogP contribution in [-0.4, -0.2) is 39.0 Å². The van der Waals surface area contributed by atoms with Gasteiger partial charge in [0.25, 0.3) is 0 Å². The van der Waals surface area contributed by atoms with Gasteiger partial charge in [0.2, 0.25) is 5.29 Å². The number of hydrogen-bond acceptors (Lipinski definition) is 5. The van der Waals surface area contributed by atoms with Gasteiger partial charge >= 0.3 is 11.1 Å². The molecule has 6 nitrogen and oxygen atoms in total. The third kappa shape index (κ3) is 2.34.